The molecule has 5 nitrogen and oxygen atoms in total. The monoisotopic (exact) mass is 550 g/mol. The maximum absolute atomic E-state index is 6.44. The number of hydrogen-bond donors (Lipinski definition) is 0. The van der Waals surface area contributed by atoms with E-state index in [1.165, 1.54) is 0 Å². The summed E-state index contributed by atoms with van der Waals surface area (Å²) in [6, 6.07) is 43.3. The number of nitrogens with zero attached hydrogens (tertiary/aromatic N) is 4. The summed E-state index contributed by atoms with van der Waals surface area (Å²) in [5.41, 5.74) is 5.06. The van der Waals surface area contributed by atoms with Crippen LogP contribution in [0.5, 0.6) is 0 Å². The second-order valence-electron chi connectivity index (χ2n) is 10.7. The van der Waals surface area contributed by atoms with E-state index < -0.39 is 0 Å². The third-order valence-electron chi connectivity index (χ3n) is 8.17. The summed E-state index contributed by atoms with van der Waals surface area (Å²) >= 11 is 0. The summed E-state index contributed by atoms with van der Waals surface area (Å²) in [4.78, 5) is 20.2. The Morgan fingerprint density at radius 2 is 0.907 bits per heavy atom. The van der Waals surface area contributed by atoms with Gasteiger partial charge in [0.05, 0.1) is 5.39 Å². The SMILES string of the molecule is c1ccc2c(-c3nc(-c4cccc5ccccc45)nc(-c4cccc5oc6c7ccccc7cnc6c45)n3)cccc2c1. The molecule has 6 aromatic carbocycles. The highest BCUT2D eigenvalue weighted by Gasteiger charge is 2.20. The van der Waals surface area contributed by atoms with E-state index in [1.54, 1.807) is 0 Å². The van der Waals surface area contributed by atoms with E-state index in [1.807, 2.05) is 60.8 Å². The van der Waals surface area contributed by atoms with Gasteiger partial charge in [0.15, 0.2) is 23.1 Å². The molecule has 0 unspecified atom stereocenters. The minimum atomic E-state index is 0.573. The Bertz CT molecular complexity index is 2420. The molecule has 3 aromatic heterocycles. The van der Waals surface area contributed by atoms with Gasteiger partial charge in [0.1, 0.15) is 11.1 Å². The summed E-state index contributed by atoms with van der Waals surface area (Å²) in [5.74, 6) is 1.81. The van der Waals surface area contributed by atoms with Gasteiger partial charge in [0.2, 0.25) is 0 Å². The van der Waals surface area contributed by atoms with Gasteiger partial charge in [-0.2, -0.15) is 0 Å². The van der Waals surface area contributed by atoms with Gasteiger partial charge in [-0.05, 0) is 27.6 Å². The van der Waals surface area contributed by atoms with Crippen molar-refractivity contribution in [2.45, 2.75) is 0 Å². The lowest BCUT2D eigenvalue weighted by atomic mass is 10.0. The highest BCUT2D eigenvalue weighted by Crippen LogP contribution is 2.39. The molecule has 0 radical (unpaired) electrons. The highest BCUT2D eigenvalue weighted by atomic mass is 16.3. The molecule has 5 heteroatoms. The molecule has 0 N–H and O–H groups in total. The van der Waals surface area contributed by atoms with Crippen LogP contribution in [0.25, 0.3) is 88.5 Å². The number of hydrogen-bond acceptors (Lipinski definition) is 5. The van der Waals surface area contributed by atoms with Crippen molar-refractivity contribution < 1.29 is 4.42 Å². The van der Waals surface area contributed by atoms with Crippen LogP contribution in [0.3, 0.4) is 0 Å². The molecule has 43 heavy (non-hydrogen) atoms. The first-order valence-electron chi connectivity index (χ1n) is 14.2. The fourth-order valence-corrected chi connectivity index (χ4v) is 6.15. The van der Waals surface area contributed by atoms with Crippen molar-refractivity contribution in [2.24, 2.45) is 0 Å². The molecule has 0 aliphatic heterocycles. The molecule has 0 saturated heterocycles. The molecule has 3 heterocycles. The fourth-order valence-electron chi connectivity index (χ4n) is 6.15. The van der Waals surface area contributed by atoms with Crippen LogP contribution in [0.15, 0.2) is 138 Å². The van der Waals surface area contributed by atoms with E-state index in [4.69, 9.17) is 24.4 Å². The average Bonchev–Trinajstić information content (AvgIpc) is 3.47. The molecule has 0 fully saturated rings. The molecule has 0 aliphatic rings. The molecule has 0 atom stereocenters. The Balaban J connectivity index is 1.37. The first kappa shape index (κ1) is 23.7. The molecule has 0 amide bonds. The number of aromatic nitrogens is 4. The number of fused-ring (bicyclic) bond motifs is 7. The van der Waals surface area contributed by atoms with Crippen LogP contribution in [-0.4, -0.2) is 19.9 Å². The zero-order valence-electron chi connectivity index (χ0n) is 22.9. The van der Waals surface area contributed by atoms with Crippen molar-refractivity contribution in [2.75, 3.05) is 0 Å². The Labute approximate surface area is 246 Å². The van der Waals surface area contributed by atoms with Crippen molar-refractivity contribution in [1.82, 2.24) is 19.9 Å². The zero-order chi connectivity index (χ0) is 28.3. The molecule has 0 spiro atoms. The Morgan fingerprint density at radius 1 is 0.419 bits per heavy atom. The largest absolute Gasteiger partial charge is 0.454 e. The van der Waals surface area contributed by atoms with E-state index in [2.05, 4.69) is 72.8 Å². The van der Waals surface area contributed by atoms with Crippen molar-refractivity contribution in [3.8, 4) is 34.2 Å². The number of pyridine rings is 1. The van der Waals surface area contributed by atoms with Gasteiger partial charge in [-0.15, -0.1) is 0 Å². The lowest BCUT2D eigenvalue weighted by Crippen LogP contribution is -2.01. The van der Waals surface area contributed by atoms with E-state index in [0.717, 1.165) is 71.1 Å². The Kier molecular flexibility index (Phi) is 5.13. The van der Waals surface area contributed by atoms with Gasteiger partial charge in [-0.25, -0.2) is 15.0 Å². The van der Waals surface area contributed by atoms with Crippen molar-refractivity contribution >= 4 is 54.4 Å². The molecular weight excluding hydrogens is 528 g/mol. The second kappa shape index (κ2) is 9.29. The molecule has 0 aliphatic carbocycles. The smallest absolute Gasteiger partial charge is 0.164 e. The third-order valence-corrected chi connectivity index (χ3v) is 8.17. The average molecular weight is 551 g/mol. The maximum Gasteiger partial charge on any atom is 0.164 e. The van der Waals surface area contributed by atoms with Gasteiger partial charge in [-0.3, -0.25) is 4.98 Å². The van der Waals surface area contributed by atoms with Crippen LogP contribution in [0.1, 0.15) is 0 Å². The van der Waals surface area contributed by atoms with E-state index in [9.17, 15) is 0 Å². The third kappa shape index (κ3) is 3.72. The van der Waals surface area contributed by atoms with Crippen LogP contribution in [0, 0.1) is 0 Å². The van der Waals surface area contributed by atoms with Crippen LogP contribution < -0.4 is 0 Å². The standard InChI is InChI=1S/C38H22N4O/c1-4-15-26-23(10-1)13-7-18-29(26)36-40-37(30-19-8-14-24-11-2-5-16-27(24)30)42-38(41-36)31-20-9-21-32-33(31)34-35(43-32)28-17-6-3-12-25(28)22-39-34/h1-22H. The van der Waals surface area contributed by atoms with Crippen LogP contribution >= 0.6 is 0 Å². The van der Waals surface area contributed by atoms with Crippen molar-refractivity contribution in [1.29, 1.82) is 0 Å². The molecule has 9 rings (SSSR count). The number of rotatable bonds is 3. The minimum Gasteiger partial charge on any atom is -0.454 e. The highest BCUT2D eigenvalue weighted by molar-refractivity contribution is 6.16. The Hall–Kier alpha value is -5.94. The summed E-state index contributed by atoms with van der Waals surface area (Å²) in [6.07, 6.45) is 1.90. The van der Waals surface area contributed by atoms with Gasteiger partial charge in [-0.1, -0.05) is 121 Å². The first-order valence-corrected chi connectivity index (χ1v) is 14.2. The topological polar surface area (TPSA) is 64.7 Å². The minimum absolute atomic E-state index is 0.573. The van der Waals surface area contributed by atoms with Gasteiger partial charge in [0.25, 0.3) is 0 Å². The molecular formula is C38H22N4O. The van der Waals surface area contributed by atoms with Gasteiger partial charge < -0.3 is 4.42 Å². The molecule has 0 saturated carbocycles. The van der Waals surface area contributed by atoms with Crippen LogP contribution in [0.2, 0.25) is 0 Å². The summed E-state index contributed by atoms with van der Waals surface area (Å²) < 4.78 is 6.44. The lowest BCUT2D eigenvalue weighted by molar-refractivity contribution is 0.672. The Morgan fingerprint density at radius 3 is 1.56 bits per heavy atom. The van der Waals surface area contributed by atoms with Gasteiger partial charge in [0, 0.05) is 33.7 Å². The molecule has 9 aromatic rings. The summed E-state index contributed by atoms with van der Waals surface area (Å²) in [6.45, 7) is 0. The van der Waals surface area contributed by atoms with Gasteiger partial charge >= 0.3 is 0 Å². The zero-order valence-corrected chi connectivity index (χ0v) is 22.9. The van der Waals surface area contributed by atoms with Crippen LogP contribution in [0.4, 0.5) is 0 Å². The summed E-state index contributed by atoms with van der Waals surface area (Å²) in [7, 11) is 0. The normalized spacial score (nSPS) is 11.7. The molecule has 200 valence electrons. The predicted octanol–water partition coefficient (Wildman–Crippen LogP) is 9.63. The maximum atomic E-state index is 6.44. The van der Waals surface area contributed by atoms with Crippen molar-refractivity contribution in [3.63, 3.8) is 0 Å². The quantitative estimate of drug-likeness (QED) is 0.219. The lowest BCUT2D eigenvalue weighted by Gasteiger charge is -2.12. The predicted molar refractivity (Wildman–Crippen MR) is 174 cm³/mol. The van der Waals surface area contributed by atoms with E-state index >= 15 is 0 Å². The molecule has 0 bridgehead atoms. The van der Waals surface area contributed by atoms with E-state index in [-0.39, 0.29) is 0 Å². The summed E-state index contributed by atoms with van der Waals surface area (Å²) in [5, 5.41) is 7.39. The number of furan rings is 1. The van der Waals surface area contributed by atoms with Crippen molar-refractivity contribution in [3.05, 3.63) is 134 Å². The fraction of sp³-hybridized carbons (Fsp3) is 0. The van der Waals surface area contributed by atoms with E-state index in [0.29, 0.717) is 17.5 Å². The van der Waals surface area contributed by atoms with Crippen LogP contribution in [-0.2, 0) is 0 Å². The second-order valence-corrected chi connectivity index (χ2v) is 10.7. The number of benzene rings is 6. The first-order chi connectivity index (χ1) is 21.3.